The van der Waals surface area contributed by atoms with Gasteiger partial charge in [0.2, 0.25) is 0 Å². The summed E-state index contributed by atoms with van der Waals surface area (Å²) in [6.45, 7) is 1.95. The maximum absolute atomic E-state index is 13.7. The summed E-state index contributed by atoms with van der Waals surface area (Å²) in [5.74, 6) is -2.32. The molecule has 20 heavy (non-hydrogen) atoms. The molecule has 2 rings (SSSR count). The van der Waals surface area contributed by atoms with Gasteiger partial charge in [-0.05, 0) is 24.6 Å². The van der Waals surface area contributed by atoms with Crippen LogP contribution in [0.15, 0.2) is 22.7 Å². The number of carbonyl (C=O) groups excluding carboxylic acids is 1. The Bertz CT molecular complexity index is 644. The molecule has 1 aromatic carbocycles. The molecular weight excluding hydrogens is 330 g/mol. The van der Waals surface area contributed by atoms with Gasteiger partial charge in [0.1, 0.15) is 11.6 Å². The van der Waals surface area contributed by atoms with E-state index in [0.717, 1.165) is 24.2 Å². The molecular formula is C14H13BrF2N2O. The molecule has 6 heteroatoms. The highest BCUT2D eigenvalue weighted by molar-refractivity contribution is 9.10. The molecule has 0 bridgehead atoms. The van der Waals surface area contributed by atoms with Crippen LogP contribution in [0.5, 0.6) is 0 Å². The predicted octanol–water partition coefficient (Wildman–Crippen LogP) is 3.45. The van der Waals surface area contributed by atoms with Crippen molar-refractivity contribution in [3.8, 4) is 0 Å². The smallest absolute Gasteiger partial charge is 0.174 e. The van der Waals surface area contributed by atoms with Crippen LogP contribution in [0.25, 0.3) is 0 Å². The number of ketones is 1. The van der Waals surface area contributed by atoms with E-state index in [9.17, 15) is 13.6 Å². The molecule has 0 aliphatic heterocycles. The fourth-order valence-corrected chi connectivity index (χ4v) is 2.37. The van der Waals surface area contributed by atoms with E-state index in [1.807, 2.05) is 6.92 Å². The van der Waals surface area contributed by atoms with Crippen LogP contribution in [0.3, 0.4) is 0 Å². The third-order valence-corrected chi connectivity index (χ3v) is 3.47. The Balaban J connectivity index is 2.30. The van der Waals surface area contributed by atoms with Crippen LogP contribution < -0.4 is 0 Å². The summed E-state index contributed by atoms with van der Waals surface area (Å²) in [5, 5.41) is 4.20. The first kappa shape index (κ1) is 14.8. The standard InChI is InChI=1S/C14H13BrF2N2O/c1-3-9-6-10(19(2)18-9)7-13(20)14-11(16)4-8(15)5-12(14)17/h4-6H,3,7H2,1-2H3. The molecule has 0 spiro atoms. The van der Waals surface area contributed by atoms with Crippen molar-refractivity contribution < 1.29 is 13.6 Å². The van der Waals surface area contributed by atoms with Crippen LogP contribution in [0, 0.1) is 11.6 Å². The molecule has 2 aromatic rings. The zero-order valence-electron chi connectivity index (χ0n) is 11.1. The summed E-state index contributed by atoms with van der Waals surface area (Å²) >= 11 is 2.98. The summed E-state index contributed by atoms with van der Waals surface area (Å²) in [6.07, 6.45) is 0.655. The fourth-order valence-electron chi connectivity index (χ4n) is 1.97. The molecule has 0 unspecified atom stereocenters. The molecule has 0 aliphatic rings. The Morgan fingerprint density at radius 2 is 1.90 bits per heavy atom. The predicted molar refractivity (Wildman–Crippen MR) is 74.7 cm³/mol. The first-order valence-corrected chi connectivity index (χ1v) is 6.91. The average Bonchev–Trinajstić information content (AvgIpc) is 2.68. The van der Waals surface area contributed by atoms with Crippen molar-refractivity contribution in [2.45, 2.75) is 19.8 Å². The van der Waals surface area contributed by atoms with E-state index >= 15 is 0 Å². The first-order chi connectivity index (χ1) is 9.42. The Labute approximate surface area is 123 Å². The van der Waals surface area contributed by atoms with Crippen LogP contribution in [0.4, 0.5) is 8.78 Å². The van der Waals surface area contributed by atoms with Gasteiger partial charge < -0.3 is 0 Å². The lowest BCUT2D eigenvalue weighted by atomic mass is 10.0. The average molecular weight is 343 g/mol. The molecule has 3 nitrogen and oxygen atoms in total. The maximum Gasteiger partial charge on any atom is 0.174 e. The number of hydrogen-bond donors (Lipinski definition) is 0. The molecule has 0 saturated carbocycles. The molecule has 0 atom stereocenters. The van der Waals surface area contributed by atoms with Gasteiger partial charge in [0.05, 0.1) is 17.7 Å². The minimum absolute atomic E-state index is 0.0844. The third-order valence-electron chi connectivity index (χ3n) is 3.02. The second-order valence-corrected chi connectivity index (χ2v) is 5.36. The van der Waals surface area contributed by atoms with E-state index in [0.29, 0.717) is 5.69 Å². The molecule has 0 radical (unpaired) electrons. The topological polar surface area (TPSA) is 34.9 Å². The normalized spacial score (nSPS) is 10.8. The second-order valence-electron chi connectivity index (χ2n) is 4.45. The van der Waals surface area contributed by atoms with Crippen molar-refractivity contribution in [2.24, 2.45) is 7.05 Å². The maximum atomic E-state index is 13.7. The Morgan fingerprint density at radius 3 is 2.40 bits per heavy atom. The number of rotatable bonds is 4. The van der Waals surface area contributed by atoms with Crippen molar-refractivity contribution >= 4 is 21.7 Å². The largest absolute Gasteiger partial charge is 0.294 e. The summed E-state index contributed by atoms with van der Waals surface area (Å²) in [4.78, 5) is 12.1. The SMILES string of the molecule is CCc1cc(CC(=O)c2c(F)cc(Br)cc2F)n(C)n1. The van der Waals surface area contributed by atoms with E-state index in [2.05, 4.69) is 21.0 Å². The fraction of sp³-hybridized carbons (Fsp3) is 0.286. The second kappa shape index (κ2) is 5.83. The molecule has 0 aliphatic carbocycles. The lowest BCUT2D eigenvalue weighted by Crippen LogP contribution is -2.11. The van der Waals surface area contributed by atoms with Crippen molar-refractivity contribution in [3.05, 3.63) is 51.3 Å². The summed E-state index contributed by atoms with van der Waals surface area (Å²) in [6, 6.07) is 3.93. The van der Waals surface area contributed by atoms with E-state index in [-0.39, 0.29) is 10.9 Å². The summed E-state index contributed by atoms with van der Waals surface area (Å²) in [7, 11) is 1.70. The number of hydrogen-bond acceptors (Lipinski definition) is 2. The van der Waals surface area contributed by atoms with E-state index in [4.69, 9.17) is 0 Å². The van der Waals surface area contributed by atoms with Crippen LogP contribution in [-0.4, -0.2) is 15.6 Å². The number of aryl methyl sites for hydroxylation is 2. The molecule has 106 valence electrons. The first-order valence-electron chi connectivity index (χ1n) is 6.12. The number of benzene rings is 1. The summed E-state index contributed by atoms with van der Waals surface area (Å²) in [5.41, 5.74) is 0.966. The van der Waals surface area contributed by atoms with E-state index in [1.54, 1.807) is 17.8 Å². The van der Waals surface area contributed by atoms with Crippen molar-refractivity contribution in [1.82, 2.24) is 9.78 Å². The molecule has 0 amide bonds. The van der Waals surface area contributed by atoms with Crippen LogP contribution >= 0.6 is 15.9 Å². The number of carbonyl (C=O) groups is 1. The van der Waals surface area contributed by atoms with Gasteiger partial charge in [-0.2, -0.15) is 5.10 Å². The minimum atomic E-state index is -0.861. The van der Waals surface area contributed by atoms with Crippen molar-refractivity contribution in [2.75, 3.05) is 0 Å². The van der Waals surface area contributed by atoms with Crippen molar-refractivity contribution in [1.29, 1.82) is 0 Å². The number of halogens is 3. The van der Waals surface area contributed by atoms with Crippen LogP contribution in [-0.2, 0) is 19.9 Å². The zero-order chi connectivity index (χ0) is 14.9. The highest BCUT2D eigenvalue weighted by Gasteiger charge is 2.20. The molecule has 0 fully saturated rings. The molecule has 1 heterocycles. The van der Waals surface area contributed by atoms with Gasteiger partial charge >= 0.3 is 0 Å². The Hall–Kier alpha value is -1.56. The lowest BCUT2D eigenvalue weighted by Gasteiger charge is -2.05. The Morgan fingerprint density at radius 1 is 1.30 bits per heavy atom. The summed E-state index contributed by atoms with van der Waals surface area (Å²) < 4.78 is 29.3. The minimum Gasteiger partial charge on any atom is -0.294 e. The van der Waals surface area contributed by atoms with Crippen molar-refractivity contribution in [3.63, 3.8) is 0 Å². The highest BCUT2D eigenvalue weighted by Crippen LogP contribution is 2.21. The van der Waals surface area contributed by atoms with E-state index < -0.39 is 23.0 Å². The van der Waals surface area contributed by atoms with Gasteiger partial charge in [-0.15, -0.1) is 0 Å². The van der Waals surface area contributed by atoms with Gasteiger partial charge in [0.25, 0.3) is 0 Å². The lowest BCUT2D eigenvalue weighted by molar-refractivity contribution is 0.0982. The van der Waals surface area contributed by atoms with Gasteiger partial charge in [-0.1, -0.05) is 22.9 Å². The molecule has 0 N–H and O–H groups in total. The molecule has 1 aromatic heterocycles. The van der Waals surface area contributed by atoms with Gasteiger partial charge in [-0.25, -0.2) is 8.78 Å². The van der Waals surface area contributed by atoms with E-state index in [1.165, 1.54) is 0 Å². The zero-order valence-corrected chi connectivity index (χ0v) is 12.7. The van der Waals surface area contributed by atoms with Crippen LogP contribution in [0.2, 0.25) is 0 Å². The third kappa shape index (κ3) is 2.95. The quantitative estimate of drug-likeness (QED) is 0.797. The van der Waals surface area contributed by atoms with Gasteiger partial charge in [0.15, 0.2) is 5.78 Å². The molecule has 0 saturated heterocycles. The monoisotopic (exact) mass is 342 g/mol. The number of nitrogens with zero attached hydrogens (tertiary/aromatic N) is 2. The number of aromatic nitrogens is 2. The highest BCUT2D eigenvalue weighted by atomic mass is 79.9. The van der Waals surface area contributed by atoms with Gasteiger partial charge in [0, 0.05) is 17.2 Å². The van der Waals surface area contributed by atoms with Gasteiger partial charge in [-0.3, -0.25) is 9.48 Å². The number of Topliss-reactive ketones (excluding diaryl/α,β-unsaturated/α-hetero) is 1. The Kier molecular flexibility index (Phi) is 4.32. The van der Waals surface area contributed by atoms with Crippen LogP contribution in [0.1, 0.15) is 28.7 Å².